The van der Waals surface area contributed by atoms with Crippen LogP contribution in [0.15, 0.2) is 30.5 Å². The summed E-state index contributed by atoms with van der Waals surface area (Å²) in [5.74, 6) is -0.707. The Bertz CT molecular complexity index is 764. The van der Waals surface area contributed by atoms with Crippen LogP contribution in [0.4, 0.5) is 0 Å². The molecular weight excluding hydrogens is 344 g/mol. The van der Waals surface area contributed by atoms with Gasteiger partial charge in [-0.2, -0.15) is 0 Å². The van der Waals surface area contributed by atoms with Crippen molar-refractivity contribution in [2.24, 2.45) is 5.73 Å². The maximum absolute atomic E-state index is 12.1. The van der Waals surface area contributed by atoms with Crippen LogP contribution in [0.5, 0.6) is 0 Å². The minimum absolute atomic E-state index is 0.251. The number of ether oxygens (including phenoxy) is 2. The molecule has 0 amide bonds. The highest BCUT2D eigenvalue weighted by Gasteiger charge is 2.43. The molecule has 3 rings (SSSR count). The van der Waals surface area contributed by atoms with Gasteiger partial charge in [0.05, 0.1) is 0 Å². The Morgan fingerprint density at radius 3 is 2.69 bits per heavy atom. The number of carbonyl (C=O) groups excluding carboxylic acids is 1. The molecule has 0 radical (unpaired) electrons. The molecule has 0 spiro atoms. The first-order valence-electron chi connectivity index (χ1n) is 8.23. The fourth-order valence-corrected chi connectivity index (χ4v) is 2.96. The number of aliphatic hydroxyl groups excluding tert-OH is 4. The number of benzene rings is 1. The third kappa shape index (κ3) is 3.73. The molecule has 142 valence electrons. The van der Waals surface area contributed by atoms with E-state index in [1.165, 1.54) is 0 Å². The Kier molecular flexibility index (Phi) is 5.56. The fourth-order valence-electron chi connectivity index (χ4n) is 2.96. The van der Waals surface area contributed by atoms with Crippen molar-refractivity contribution in [2.45, 2.75) is 43.2 Å². The van der Waals surface area contributed by atoms with E-state index in [4.69, 9.17) is 15.2 Å². The average Bonchev–Trinajstić information content (AvgIpc) is 3.04. The average molecular weight is 366 g/mol. The molecule has 1 saturated heterocycles. The molecular formula is C17H22N2O7. The molecule has 0 saturated carbocycles. The molecule has 26 heavy (non-hydrogen) atoms. The lowest BCUT2D eigenvalue weighted by Crippen LogP contribution is -2.58. The van der Waals surface area contributed by atoms with Crippen LogP contribution >= 0.6 is 0 Å². The Balaban J connectivity index is 1.56. The van der Waals surface area contributed by atoms with Crippen molar-refractivity contribution in [1.29, 1.82) is 0 Å². The van der Waals surface area contributed by atoms with E-state index in [0.29, 0.717) is 0 Å². The Morgan fingerprint density at radius 2 is 1.92 bits per heavy atom. The third-order valence-corrected chi connectivity index (χ3v) is 4.49. The van der Waals surface area contributed by atoms with Gasteiger partial charge in [0.15, 0.2) is 6.29 Å². The zero-order valence-electron chi connectivity index (χ0n) is 13.9. The largest absolute Gasteiger partial charge is 0.462 e. The van der Waals surface area contributed by atoms with Gasteiger partial charge < -0.3 is 40.6 Å². The van der Waals surface area contributed by atoms with E-state index in [-0.39, 0.29) is 6.42 Å². The number of aromatic nitrogens is 1. The van der Waals surface area contributed by atoms with Crippen LogP contribution in [0.1, 0.15) is 5.56 Å². The predicted octanol–water partition coefficient (Wildman–Crippen LogP) is -1.62. The highest BCUT2D eigenvalue weighted by atomic mass is 16.6. The number of aliphatic hydroxyl groups is 4. The van der Waals surface area contributed by atoms with Crippen LogP contribution in [0.2, 0.25) is 0 Å². The molecule has 0 bridgehead atoms. The van der Waals surface area contributed by atoms with Crippen LogP contribution in [0.3, 0.4) is 0 Å². The predicted molar refractivity (Wildman–Crippen MR) is 89.8 cm³/mol. The number of rotatable bonds is 5. The van der Waals surface area contributed by atoms with Gasteiger partial charge in [-0.1, -0.05) is 18.2 Å². The van der Waals surface area contributed by atoms with Crippen molar-refractivity contribution in [1.82, 2.24) is 4.98 Å². The molecule has 1 aliphatic heterocycles. The SMILES string of the molecule is N[C@@H](Cc1c[nH]c2ccccc12)C(=O)OC[C@@H]1OC(O)[C@H](O)[C@H](O)[C@H]1O. The van der Waals surface area contributed by atoms with E-state index in [1.54, 1.807) is 6.20 Å². The highest BCUT2D eigenvalue weighted by Crippen LogP contribution is 2.21. The lowest BCUT2D eigenvalue weighted by molar-refractivity contribution is -0.287. The van der Waals surface area contributed by atoms with Gasteiger partial charge in [0.25, 0.3) is 0 Å². The molecule has 6 atom stereocenters. The van der Waals surface area contributed by atoms with Crippen LogP contribution < -0.4 is 5.73 Å². The van der Waals surface area contributed by atoms with E-state index in [1.807, 2.05) is 24.3 Å². The fraction of sp³-hybridized carbons (Fsp3) is 0.471. The summed E-state index contributed by atoms with van der Waals surface area (Å²) < 4.78 is 9.99. The van der Waals surface area contributed by atoms with Crippen molar-refractivity contribution in [2.75, 3.05) is 6.61 Å². The maximum Gasteiger partial charge on any atom is 0.323 e. The molecule has 1 aliphatic rings. The summed E-state index contributed by atoms with van der Waals surface area (Å²) in [6.07, 6.45) is -5.58. The zero-order valence-corrected chi connectivity index (χ0v) is 13.9. The van der Waals surface area contributed by atoms with E-state index in [2.05, 4.69) is 4.98 Å². The van der Waals surface area contributed by atoms with Gasteiger partial charge in [-0.25, -0.2) is 0 Å². The van der Waals surface area contributed by atoms with Crippen molar-refractivity contribution in [3.63, 3.8) is 0 Å². The summed E-state index contributed by atoms with van der Waals surface area (Å²) in [7, 11) is 0. The summed E-state index contributed by atoms with van der Waals surface area (Å²) in [6.45, 7) is -0.414. The second-order valence-corrected chi connectivity index (χ2v) is 6.34. The van der Waals surface area contributed by atoms with E-state index in [9.17, 15) is 25.2 Å². The van der Waals surface area contributed by atoms with Crippen LogP contribution in [0.25, 0.3) is 10.9 Å². The molecule has 1 aromatic carbocycles. The highest BCUT2D eigenvalue weighted by molar-refractivity contribution is 5.84. The minimum Gasteiger partial charge on any atom is -0.462 e. The smallest absolute Gasteiger partial charge is 0.323 e. The summed E-state index contributed by atoms with van der Waals surface area (Å²) in [6, 6.07) is 6.67. The third-order valence-electron chi connectivity index (χ3n) is 4.49. The molecule has 2 heterocycles. The first kappa shape index (κ1) is 18.8. The Hall–Kier alpha value is -2.01. The number of para-hydroxylation sites is 1. The van der Waals surface area contributed by atoms with Crippen molar-refractivity contribution in [3.05, 3.63) is 36.0 Å². The molecule has 1 fully saturated rings. The van der Waals surface area contributed by atoms with Gasteiger partial charge >= 0.3 is 5.97 Å². The number of nitrogens with two attached hydrogens (primary N) is 1. The Morgan fingerprint density at radius 1 is 1.19 bits per heavy atom. The van der Waals surface area contributed by atoms with Gasteiger partial charge in [-0.05, 0) is 11.6 Å². The van der Waals surface area contributed by atoms with Gasteiger partial charge in [0.2, 0.25) is 0 Å². The first-order chi connectivity index (χ1) is 12.4. The van der Waals surface area contributed by atoms with Gasteiger partial charge in [0.1, 0.15) is 37.1 Å². The topological polar surface area (TPSA) is 158 Å². The van der Waals surface area contributed by atoms with Crippen LogP contribution in [-0.4, -0.2) is 74.7 Å². The number of carbonyl (C=O) groups is 1. The second kappa shape index (κ2) is 7.70. The number of esters is 1. The number of fused-ring (bicyclic) bond motifs is 1. The number of hydrogen-bond donors (Lipinski definition) is 6. The summed E-state index contributed by atoms with van der Waals surface area (Å²) in [4.78, 5) is 15.2. The van der Waals surface area contributed by atoms with Gasteiger partial charge in [-0.15, -0.1) is 0 Å². The molecule has 9 heteroatoms. The summed E-state index contributed by atoms with van der Waals surface area (Å²) in [5, 5.41) is 39.3. The minimum atomic E-state index is -1.68. The van der Waals surface area contributed by atoms with E-state index >= 15 is 0 Å². The molecule has 7 N–H and O–H groups in total. The Labute approximate surface area is 149 Å². The second-order valence-electron chi connectivity index (χ2n) is 6.34. The maximum atomic E-state index is 12.1. The quantitative estimate of drug-likeness (QED) is 0.345. The standard InChI is InChI=1S/C17H22N2O7/c18-10(5-8-6-19-11-4-2-1-3-9(8)11)16(23)25-7-12-13(20)14(21)15(22)17(24)26-12/h1-4,6,10,12-15,17,19-22,24H,5,7,18H2/t10-,12-,13-,14+,15+,17?/m0/s1. The van der Waals surface area contributed by atoms with Crippen molar-refractivity contribution < 1.29 is 34.7 Å². The van der Waals surface area contributed by atoms with E-state index in [0.717, 1.165) is 16.5 Å². The normalized spacial score (nSPS) is 30.3. The molecule has 1 unspecified atom stereocenters. The van der Waals surface area contributed by atoms with Crippen LogP contribution in [-0.2, 0) is 20.7 Å². The van der Waals surface area contributed by atoms with E-state index < -0.39 is 49.3 Å². The molecule has 1 aromatic heterocycles. The monoisotopic (exact) mass is 366 g/mol. The van der Waals surface area contributed by atoms with Gasteiger partial charge in [0, 0.05) is 23.5 Å². The molecule has 9 nitrogen and oxygen atoms in total. The lowest BCUT2D eigenvalue weighted by atomic mass is 9.99. The number of aromatic amines is 1. The number of hydrogen-bond acceptors (Lipinski definition) is 8. The zero-order chi connectivity index (χ0) is 18.8. The van der Waals surface area contributed by atoms with Crippen molar-refractivity contribution >= 4 is 16.9 Å². The first-order valence-corrected chi connectivity index (χ1v) is 8.23. The van der Waals surface area contributed by atoms with Gasteiger partial charge in [-0.3, -0.25) is 4.79 Å². The molecule has 2 aromatic rings. The number of nitrogens with one attached hydrogen (secondary N) is 1. The summed E-state index contributed by atoms with van der Waals surface area (Å²) >= 11 is 0. The lowest BCUT2D eigenvalue weighted by Gasteiger charge is -2.37. The number of H-pyrrole nitrogens is 1. The van der Waals surface area contributed by atoms with Crippen molar-refractivity contribution in [3.8, 4) is 0 Å². The molecule has 0 aliphatic carbocycles. The van der Waals surface area contributed by atoms with Crippen LogP contribution in [0, 0.1) is 0 Å². The summed E-state index contributed by atoms with van der Waals surface area (Å²) in [5.41, 5.74) is 7.70.